The number of rotatable bonds is 5. The van der Waals surface area contributed by atoms with Crippen LogP contribution in [0.4, 0.5) is 5.13 Å². The molecule has 0 radical (unpaired) electrons. The van der Waals surface area contributed by atoms with E-state index >= 15 is 0 Å². The van der Waals surface area contributed by atoms with E-state index in [1.165, 1.54) is 11.3 Å². The van der Waals surface area contributed by atoms with Crippen LogP contribution in [0.15, 0.2) is 29.8 Å². The van der Waals surface area contributed by atoms with Gasteiger partial charge in [0.2, 0.25) is 5.91 Å². The van der Waals surface area contributed by atoms with Gasteiger partial charge in [-0.05, 0) is 25.1 Å². The first-order valence-corrected chi connectivity index (χ1v) is 6.54. The van der Waals surface area contributed by atoms with Crippen molar-refractivity contribution >= 4 is 22.4 Å². The van der Waals surface area contributed by atoms with Crippen molar-refractivity contribution in [3.8, 4) is 11.4 Å². The predicted octanol–water partition coefficient (Wildman–Crippen LogP) is 1.88. The summed E-state index contributed by atoms with van der Waals surface area (Å²) < 4.78 is 0. The van der Waals surface area contributed by atoms with Crippen molar-refractivity contribution in [3.05, 3.63) is 29.8 Å². The minimum absolute atomic E-state index is 0.0534. The standard InChI is InChI=1S/C12H14N4OS/c13-6-3-5-11(17)16-12-15-10(8-18-12)9-4-1-2-7-14-9/h1-2,4,7-8H,3,5-6,13H2,(H,15,16,17). The predicted molar refractivity (Wildman–Crippen MR) is 72.3 cm³/mol. The van der Waals surface area contributed by atoms with E-state index in [1.54, 1.807) is 6.20 Å². The van der Waals surface area contributed by atoms with Gasteiger partial charge in [-0.25, -0.2) is 4.98 Å². The highest BCUT2D eigenvalue weighted by molar-refractivity contribution is 7.14. The Morgan fingerprint density at radius 3 is 3.00 bits per heavy atom. The number of aromatic nitrogens is 2. The summed E-state index contributed by atoms with van der Waals surface area (Å²) in [5.74, 6) is -0.0534. The van der Waals surface area contributed by atoms with Crippen LogP contribution >= 0.6 is 11.3 Å². The van der Waals surface area contributed by atoms with Gasteiger partial charge in [-0.15, -0.1) is 11.3 Å². The molecule has 0 fully saturated rings. The second-order valence-electron chi connectivity index (χ2n) is 3.69. The van der Waals surface area contributed by atoms with E-state index < -0.39 is 0 Å². The van der Waals surface area contributed by atoms with Gasteiger partial charge in [0, 0.05) is 18.0 Å². The molecule has 3 N–H and O–H groups in total. The van der Waals surface area contributed by atoms with Crippen LogP contribution in [0.1, 0.15) is 12.8 Å². The summed E-state index contributed by atoms with van der Waals surface area (Å²) in [5, 5.41) is 5.22. The molecule has 18 heavy (non-hydrogen) atoms. The van der Waals surface area contributed by atoms with Crippen LogP contribution in [0.2, 0.25) is 0 Å². The number of nitrogens with two attached hydrogens (primary N) is 1. The zero-order chi connectivity index (χ0) is 12.8. The third kappa shape index (κ3) is 3.35. The second kappa shape index (κ2) is 6.23. The molecule has 0 aliphatic carbocycles. The Kier molecular flexibility index (Phi) is 4.38. The molecule has 1 amide bonds. The van der Waals surface area contributed by atoms with Crippen molar-refractivity contribution in [2.45, 2.75) is 12.8 Å². The number of hydrogen-bond acceptors (Lipinski definition) is 5. The molecule has 2 aromatic heterocycles. The van der Waals surface area contributed by atoms with Gasteiger partial charge in [-0.1, -0.05) is 6.07 Å². The molecule has 0 bridgehead atoms. The lowest BCUT2D eigenvalue weighted by Gasteiger charge is -1.99. The maximum Gasteiger partial charge on any atom is 0.226 e. The van der Waals surface area contributed by atoms with E-state index in [-0.39, 0.29) is 5.91 Å². The van der Waals surface area contributed by atoms with Crippen LogP contribution in [0.3, 0.4) is 0 Å². The summed E-state index contributed by atoms with van der Waals surface area (Å²) in [7, 11) is 0. The summed E-state index contributed by atoms with van der Waals surface area (Å²) >= 11 is 1.39. The molecule has 0 spiro atoms. The molecule has 0 saturated carbocycles. The number of amides is 1. The summed E-state index contributed by atoms with van der Waals surface area (Å²) in [6.45, 7) is 0.518. The molecule has 0 aliphatic rings. The fourth-order valence-electron chi connectivity index (χ4n) is 1.41. The zero-order valence-corrected chi connectivity index (χ0v) is 10.6. The second-order valence-corrected chi connectivity index (χ2v) is 4.55. The highest BCUT2D eigenvalue weighted by Gasteiger charge is 2.07. The van der Waals surface area contributed by atoms with Crippen LogP contribution in [0.5, 0.6) is 0 Å². The topological polar surface area (TPSA) is 80.9 Å². The minimum Gasteiger partial charge on any atom is -0.330 e. The van der Waals surface area contributed by atoms with Crippen molar-refractivity contribution < 1.29 is 4.79 Å². The van der Waals surface area contributed by atoms with Crippen LogP contribution in [0, 0.1) is 0 Å². The molecular formula is C12H14N4OS. The lowest BCUT2D eigenvalue weighted by molar-refractivity contribution is -0.116. The van der Waals surface area contributed by atoms with Gasteiger partial charge in [0.05, 0.1) is 5.69 Å². The first-order valence-electron chi connectivity index (χ1n) is 5.66. The number of anilines is 1. The summed E-state index contributed by atoms with van der Waals surface area (Å²) in [6.07, 6.45) is 2.83. The van der Waals surface area contributed by atoms with Crippen LogP contribution in [0.25, 0.3) is 11.4 Å². The monoisotopic (exact) mass is 262 g/mol. The average Bonchev–Trinajstić information content (AvgIpc) is 2.86. The Labute approximate surface area is 109 Å². The number of nitrogens with zero attached hydrogens (tertiary/aromatic N) is 2. The third-order valence-corrected chi connectivity index (χ3v) is 3.04. The SMILES string of the molecule is NCCCC(=O)Nc1nc(-c2ccccn2)cs1. The fraction of sp³-hybridized carbons (Fsp3) is 0.250. The number of carbonyl (C=O) groups is 1. The number of carbonyl (C=O) groups excluding carboxylic acids is 1. The van der Waals surface area contributed by atoms with E-state index in [0.29, 0.717) is 24.5 Å². The Morgan fingerprint density at radius 1 is 1.39 bits per heavy atom. The molecule has 0 aromatic carbocycles. The van der Waals surface area contributed by atoms with E-state index in [2.05, 4.69) is 15.3 Å². The molecule has 0 saturated heterocycles. The minimum atomic E-state index is -0.0534. The average molecular weight is 262 g/mol. The van der Waals surface area contributed by atoms with Gasteiger partial charge in [-0.3, -0.25) is 9.78 Å². The van der Waals surface area contributed by atoms with E-state index in [1.807, 2.05) is 23.6 Å². The number of pyridine rings is 1. The van der Waals surface area contributed by atoms with Crippen molar-refractivity contribution in [2.75, 3.05) is 11.9 Å². The maximum absolute atomic E-state index is 11.5. The van der Waals surface area contributed by atoms with Gasteiger partial charge >= 0.3 is 0 Å². The van der Waals surface area contributed by atoms with Gasteiger partial charge in [0.25, 0.3) is 0 Å². The molecule has 0 atom stereocenters. The van der Waals surface area contributed by atoms with Crippen LogP contribution in [-0.4, -0.2) is 22.4 Å². The van der Waals surface area contributed by atoms with E-state index in [0.717, 1.165) is 11.4 Å². The first kappa shape index (κ1) is 12.7. The van der Waals surface area contributed by atoms with Crippen LogP contribution < -0.4 is 11.1 Å². The van der Waals surface area contributed by atoms with Crippen molar-refractivity contribution in [1.82, 2.24) is 9.97 Å². The summed E-state index contributed by atoms with van der Waals surface area (Å²) in [4.78, 5) is 20.0. The molecule has 0 aliphatic heterocycles. The number of nitrogens with one attached hydrogen (secondary N) is 1. The smallest absolute Gasteiger partial charge is 0.226 e. The number of thiazole rings is 1. The van der Waals surface area contributed by atoms with Gasteiger partial charge in [0.15, 0.2) is 5.13 Å². The summed E-state index contributed by atoms with van der Waals surface area (Å²) in [6, 6.07) is 5.64. The lowest BCUT2D eigenvalue weighted by atomic mass is 10.3. The molecule has 94 valence electrons. The first-order chi connectivity index (χ1) is 8.79. The Bertz CT molecular complexity index is 512. The molecule has 5 nitrogen and oxygen atoms in total. The molecule has 2 heterocycles. The van der Waals surface area contributed by atoms with Crippen molar-refractivity contribution in [2.24, 2.45) is 5.73 Å². The lowest BCUT2D eigenvalue weighted by Crippen LogP contribution is -2.13. The molecule has 2 rings (SSSR count). The fourth-order valence-corrected chi connectivity index (χ4v) is 2.13. The molecule has 6 heteroatoms. The third-order valence-electron chi connectivity index (χ3n) is 2.29. The maximum atomic E-state index is 11.5. The van der Waals surface area contributed by atoms with Crippen LogP contribution in [-0.2, 0) is 4.79 Å². The molecular weight excluding hydrogens is 248 g/mol. The Balaban J connectivity index is 2.00. The highest BCUT2D eigenvalue weighted by Crippen LogP contribution is 2.23. The Hall–Kier alpha value is -1.79. The van der Waals surface area contributed by atoms with Gasteiger partial charge in [-0.2, -0.15) is 0 Å². The Morgan fingerprint density at radius 2 is 2.28 bits per heavy atom. The van der Waals surface area contributed by atoms with Crippen molar-refractivity contribution in [3.63, 3.8) is 0 Å². The molecule has 0 unspecified atom stereocenters. The summed E-state index contributed by atoms with van der Waals surface area (Å²) in [5.41, 5.74) is 6.92. The van der Waals surface area contributed by atoms with E-state index in [9.17, 15) is 4.79 Å². The van der Waals surface area contributed by atoms with Gasteiger partial charge < -0.3 is 11.1 Å². The molecule has 2 aromatic rings. The number of hydrogen-bond donors (Lipinski definition) is 2. The van der Waals surface area contributed by atoms with Crippen molar-refractivity contribution in [1.29, 1.82) is 0 Å². The van der Waals surface area contributed by atoms with E-state index in [4.69, 9.17) is 5.73 Å². The normalized spacial score (nSPS) is 10.3. The highest BCUT2D eigenvalue weighted by atomic mass is 32.1. The largest absolute Gasteiger partial charge is 0.330 e. The van der Waals surface area contributed by atoms with Gasteiger partial charge in [0.1, 0.15) is 5.69 Å². The zero-order valence-electron chi connectivity index (χ0n) is 9.80. The quantitative estimate of drug-likeness (QED) is 0.862.